The van der Waals surface area contributed by atoms with E-state index in [4.69, 9.17) is 0 Å². The Hall–Kier alpha value is -1.66. The van der Waals surface area contributed by atoms with Crippen molar-refractivity contribution in [2.45, 2.75) is 19.8 Å². The summed E-state index contributed by atoms with van der Waals surface area (Å²) < 4.78 is 13.5. The molecule has 104 valence electrons. The molecule has 0 aromatic heterocycles. The fourth-order valence-electron chi connectivity index (χ4n) is 2.20. The van der Waals surface area contributed by atoms with Gasteiger partial charge in [-0.3, -0.25) is 4.79 Å². The minimum atomic E-state index is -2.71. The molecule has 0 fully saturated rings. The SMILES string of the molecule is CCC(=O)CCP(=O)(c1ccccc1)c1ccccc1. The maximum Gasteiger partial charge on any atom is 0.143 e. The summed E-state index contributed by atoms with van der Waals surface area (Å²) in [5, 5.41) is 1.66. The number of rotatable bonds is 6. The molecule has 0 aliphatic heterocycles. The molecular weight excluding hydrogens is 267 g/mol. The van der Waals surface area contributed by atoms with Crippen LogP contribution in [0.1, 0.15) is 19.8 Å². The van der Waals surface area contributed by atoms with Crippen LogP contribution in [-0.4, -0.2) is 11.9 Å². The van der Waals surface area contributed by atoms with Crippen LogP contribution in [0.25, 0.3) is 0 Å². The summed E-state index contributed by atoms with van der Waals surface area (Å²) in [5.74, 6) is 0.164. The van der Waals surface area contributed by atoms with Gasteiger partial charge >= 0.3 is 0 Å². The van der Waals surface area contributed by atoms with Gasteiger partial charge in [0.1, 0.15) is 12.9 Å². The first-order chi connectivity index (χ1) is 9.66. The van der Waals surface area contributed by atoms with E-state index < -0.39 is 7.14 Å². The maximum absolute atomic E-state index is 13.5. The molecule has 2 aromatic carbocycles. The van der Waals surface area contributed by atoms with E-state index in [0.29, 0.717) is 19.0 Å². The lowest BCUT2D eigenvalue weighted by molar-refractivity contribution is -0.118. The van der Waals surface area contributed by atoms with Gasteiger partial charge in [0.05, 0.1) is 0 Å². The van der Waals surface area contributed by atoms with Crippen molar-refractivity contribution in [3.8, 4) is 0 Å². The van der Waals surface area contributed by atoms with Crippen LogP contribution in [0.15, 0.2) is 60.7 Å². The Morgan fingerprint density at radius 2 is 1.35 bits per heavy atom. The first-order valence-electron chi connectivity index (χ1n) is 6.89. The molecule has 0 spiro atoms. The zero-order valence-electron chi connectivity index (χ0n) is 11.7. The van der Waals surface area contributed by atoms with Gasteiger partial charge in [-0.15, -0.1) is 0 Å². The second-order valence-electron chi connectivity index (χ2n) is 4.78. The van der Waals surface area contributed by atoms with Gasteiger partial charge in [0.25, 0.3) is 0 Å². The van der Waals surface area contributed by atoms with Crippen LogP contribution in [0.2, 0.25) is 0 Å². The second-order valence-corrected chi connectivity index (χ2v) is 7.74. The standard InChI is InChI=1S/C17H19O2P/c1-2-15(18)13-14-20(19,16-9-5-3-6-10-16)17-11-7-4-8-12-17/h3-12H,2,13-14H2,1H3. The molecule has 0 atom stereocenters. The number of Topliss-reactive ketones (excluding diaryl/α,β-unsaturated/α-hetero) is 1. The lowest BCUT2D eigenvalue weighted by atomic mass is 10.2. The monoisotopic (exact) mass is 286 g/mol. The van der Waals surface area contributed by atoms with Crippen molar-refractivity contribution in [2.24, 2.45) is 0 Å². The third kappa shape index (κ3) is 3.26. The lowest BCUT2D eigenvalue weighted by Gasteiger charge is -2.18. The molecule has 0 radical (unpaired) electrons. The molecule has 2 nitrogen and oxygen atoms in total. The second kappa shape index (κ2) is 6.67. The average molecular weight is 286 g/mol. The van der Waals surface area contributed by atoms with E-state index in [1.807, 2.05) is 67.6 Å². The maximum atomic E-state index is 13.5. The number of benzene rings is 2. The molecule has 3 heteroatoms. The Kier molecular flexibility index (Phi) is 4.92. The molecule has 0 heterocycles. The molecule has 0 N–H and O–H groups in total. The summed E-state index contributed by atoms with van der Waals surface area (Å²) in [4.78, 5) is 11.6. The van der Waals surface area contributed by atoms with E-state index in [0.717, 1.165) is 10.6 Å². The van der Waals surface area contributed by atoms with Crippen LogP contribution in [0.5, 0.6) is 0 Å². The van der Waals surface area contributed by atoms with E-state index in [1.54, 1.807) is 0 Å². The highest BCUT2D eigenvalue weighted by Crippen LogP contribution is 2.43. The molecule has 20 heavy (non-hydrogen) atoms. The molecule has 0 saturated heterocycles. The summed E-state index contributed by atoms with van der Waals surface area (Å²) >= 11 is 0. The summed E-state index contributed by atoms with van der Waals surface area (Å²) in [6.07, 6.45) is 1.29. The topological polar surface area (TPSA) is 34.1 Å². The number of carbonyl (C=O) groups excluding carboxylic acids is 1. The molecule has 0 aliphatic carbocycles. The fourth-order valence-corrected chi connectivity index (χ4v) is 4.89. The van der Waals surface area contributed by atoms with Crippen molar-refractivity contribution in [3.63, 3.8) is 0 Å². The number of carbonyl (C=O) groups is 1. The Labute approximate surface area is 120 Å². The van der Waals surface area contributed by atoms with Crippen LogP contribution < -0.4 is 10.6 Å². The van der Waals surface area contributed by atoms with Gasteiger partial charge in [0.15, 0.2) is 0 Å². The predicted molar refractivity (Wildman–Crippen MR) is 84.5 cm³/mol. The van der Waals surface area contributed by atoms with E-state index in [-0.39, 0.29) is 5.78 Å². The van der Waals surface area contributed by atoms with Gasteiger partial charge in [0.2, 0.25) is 0 Å². The van der Waals surface area contributed by atoms with Gasteiger partial charge < -0.3 is 4.57 Å². The van der Waals surface area contributed by atoms with Crippen LogP contribution in [0.4, 0.5) is 0 Å². The minimum Gasteiger partial charge on any atom is -0.314 e. The highest BCUT2D eigenvalue weighted by atomic mass is 31.2. The molecular formula is C17H19O2P. The van der Waals surface area contributed by atoms with Crippen LogP contribution in [0, 0.1) is 0 Å². The Morgan fingerprint density at radius 1 is 0.900 bits per heavy atom. The van der Waals surface area contributed by atoms with Crippen molar-refractivity contribution in [3.05, 3.63) is 60.7 Å². The normalized spacial score (nSPS) is 11.2. The summed E-state index contributed by atoms with van der Waals surface area (Å²) in [5.41, 5.74) is 0. The third-order valence-corrected chi connectivity index (χ3v) is 6.56. The summed E-state index contributed by atoms with van der Waals surface area (Å²) in [6.45, 7) is 1.85. The fraction of sp³-hybridized carbons (Fsp3) is 0.235. The molecule has 0 aliphatic rings. The molecule has 0 amide bonds. The van der Waals surface area contributed by atoms with E-state index in [1.165, 1.54) is 0 Å². The molecule has 0 bridgehead atoms. The summed E-state index contributed by atoms with van der Waals surface area (Å²) in [7, 11) is -2.71. The van der Waals surface area contributed by atoms with Gasteiger partial charge in [0, 0.05) is 29.6 Å². The quantitative estimate of drug-likeness (QED) is 0.763. The summed E-state index contributed by atoms with van der Waals surface area (Å²) in [6, 6.07) is 19.0. The van der Waals surface area contributed by atoms with Crippen LogP contribution >= 0.6 is 7.14 Å². The lowest BCUT2D eigenvalue weighted by Crippen LogP contribution is -2.19. The van der Waals surface area contributed by atoms with Crippen LogP contribution in [-0.2, 0) is 9.36 Å². The molecule has 0 saturated carbocycles. The number of hydrogen-bond donors (Lipinski definition) is 0. The van der Waals surface area contributed by atoms with Crippen molar-refractivity contribution >= 4 is 23.5 Å². The van der Waals surface area contributed by atoms with E-state index in [9.17, 15) is 9.36 Å². The smallest absolute Gasteiger partial charge is 0.143 e. The molecule has 0 unspecified atom stereocenters. The van der Waals surface area contributed by atoms with Crippen molar-refractivity contribution in [1.29, 1.82) is 0 Å². The first kappa shape index (κ1) is 14.7. The number of ketones is 1. The predicted octanol–water partition coefficient (Wildman–Crippen LogP) is 3.37. The highest BCUT2D eigenvalue weighted by Gasteiger charge is 2.27. The van der Waals surface area contributed by atoms with Crippen LogP contribution in [0.3, 0.4) is 0 Å². The zero-order chi connectivity index (χ0) is 14.4. The Morgan fingerprint density at radius 3 is 1.75 bits per heavy atom. The van der Waals surface area contributed by atoms with Gasteiger partial charge in [-0.25, -0.2) is 0 Å². The zero-order valence-corrected chi connectivity index (χ0v) is 12.6. The highest BCUT2D eigenvalue weighted by molar-refractivity contribution is 7.78. The van der Waals surface area contributed by atoms with Gasteiger partial charge in [-0.2, -0.15) is 0 Å². The average Bonchev–Trinajstić information content (AvgIpc) is 2.54. The van der Waals surface area contributed by atoms with Gasteiger partial charge in [-0.05, 0) is 0 Å². The molecule has 2 rings (SSSR count). The largest absolute Gasteiger partial charge is 0.314 e. The Balaban J connectivity index is 2.39. The van der Waals surface area contributed by atoms with E-state index >= 15 is 0 Å². The van der Waals surface area contributed by atoms with E-state index in [2.05, 4.69) is 0 Å². The Bertz CT molecular complexity index is 562. The number of hydrogen-bond acceptors (Lipinski definition) is 2. The van der Waals surface area contributed by atoms with Crippen molar-refractivity contribution in [1.82, 2.24) is 0 Å². The van der Waals surface area contributed by atoms with Crippen molar-refractivity contribution in [2.75, 3.05) is 6.16 Å². The van der Waals surface area contributed by atoms with Gasteiger partial charge in [-0.1, -0.05) is 67.6 Å². The first-order valence-corrected chi connectivity index (χ1v) is 8.78. The third-order valence-electron chi connectivity index (χ3n) is 3.45. The van der Waals surface area contributed by atoms with Crippen molar-refractivity contribution < 1.29 is 9.36 Å². The molecule has 2 aromatic rings. The minimum absolute atomic E-state index is 0.164.